The van der Waals surface area contributed by atoms with E-state index in [9.17, 15) is 0 Å². The van der Waals surface area contributed by atoms with Gasteiger partial charge in [0, 0.05) is 23.8 Å². The highest BCUT2D eigenvalue weighted by Gasteiger charge is 2.16. The number of rotatable bonds is 7. The molecule has 0 aliphatic carbocycles. The van der Waals surface area contributed by atoms with Gasteiger partial charge >= 0.3 is 0 Å². The predicted molar refractivity (Wildman–Crippen MR) is 114 cm³/mol. The van der Waals surface area contributed by atoms with Gasteiger partial charge in [0.1, 0.15) is 22.2 Å². The molecular formula is C18H26Cl2N4OS. The normalized spacial score (nSPS) is 11.7. The second-order valence-corrected chi connectivity index (χ2v) is 7.36. The average molecular weight is 417 g/mol. The molecule has 1 atom stereocenters. The van der Waals surface area contributed by atoms with Crippen LogP contribution in [0.3, 0.4) is 0 Å². The third-order valence-corrected chi connectivity index (χ3v) is 5.33. The Labute approximate surface area is 170 Å². The zero-order valence-electron chi connectivity index (χ0n) is 15.2. The van der Waals surface area contributed by atoms with Crippen molar-refractivity contribution in [1.82, 2.24) is 9.97 Å². The number of hydrogen-bond acceptors (Lipinski definition) is 6. The first kappa shape index (κ1) is 22.7. The highest BCUT2D eigenvalue weighted by atomic mass is 35.5. The summed E-state index contributed by atoms with van der Waals surface area (Å²) in [5.41, 5.74) is 6.94. The molecule has 26 heavy (non-hydrogen) atoms. The molecule has 3 aromatic heterocycles. The number of nitrogens with one attached hydrogen (secondary N) is 1. The summed E-state index contributed by atoms with van der Waals surface area (Å²) in [6.07, 6.45) is 4.31. The molecule has 3 heterocycles. The fourth-order valence-electron chi connectivity index (χ4n) is 2.76. The standard InChI is InChI=1S/C18H24N4OS.2ClH/c1-11(6-7-14-5-4-10-23-14)20-17-16-12(2)13(3)24-18(16)22-15(21-17)8-9-19;;/h4-5,10-11H,6-9,19H2,1-3H3,(H,20,21,22);2*1H. The van der Waals surface area contributed by atoms with Crippen LogP contribution in [0.4, 0.5) is 5.82 Å². The van der Waals surface area contributed by atoms with E-state index in [2.05, 4.69) is 31.1 Å². The van der Waals surface area contributed by atoms with Gasteiger partial charge in [-0.05, 0) is 51.4 Å². The monoisotopic (exact) mass is 416 g/mol. The molecule has 3 aromatic rings. The van der Waals surface area contributed by atoms with Crippen LogP contribution in [0.15, 0.2) is 22.8 Å². The molecule has 0 saturated heterocycles. The van der Waals surface area contributed by atoms with E-state index < -0.39 is 0 Å². The molecule has 0 amide bonds. The Kier molecular flexibility index (Phi) is 8.83. The van der Waals surface area contributed by atoms with Gasteiger partial charge in [0.2, 0.25) is 0 Å². The second kappa shape index (κ2) is 10.1. The van der Waals surface area contributed by atoms with E-state index in [1.54, 1.807) is 17.6 Å². The number of thiophene rings is 1. The number of nitrogens with zero attached hydrogens (tertiary/aromatic N) is 2. The minimum atomic E-state index is 0. The summed E-state index contributed by atoms with van der Waals surface area (Å²) in [7, 11) is 0. The molecule has 3 N–H and O–H groups in total. The lowest BCUT2D eigenvalue weighted by Crippen LogP contribution is -2.18. The molecule has 8 heteroatoms. The Bertz CT molecular complexity index is 820. The number of furan rings is 1. The Morgan fingerprint density at radius 2 is 2.00 bits per heavy atom. The van der Waals surface area contributed by atoms with Crippen molar-refractivity contribution >= 4 is 52.2 Å². The molecule has 1 unspecified atom stereocenters. The summed E-state index contributed by atoms with van der Waals surface area (Å²) in [6.45, 7) is 7.00. The van der Waals surface area contributed by atoms with Crippen molar-refractivity contribution in [2.75, 3.05) is 11.9 Å². The first-order chi connectivity index (χ1) is 11.6. The van der Waals surface area contributed by atoms with Gasteiger partial charge in [0.25, 0.3) is 0 Å². The molecular weight excluding hydrogens is 391 g/mol. The number of anilines is 1. The summed E-state index contributed by atoms with van der Waals surface area (Å²) in [5, 5.41) is 4.72. The zero-order chi connectivity index (χ0) is 17.1. The summed E-state index contributed by atoms with van der Waals surface area (Å²) < 4.78 is 5.41. The minimum Gasteiger partial charge on any atom is -0.469 e. The Morgan fingerprint density at radius 1 is 1.23 bits per heavy atom. The van der Waals surface area contributed by atoms with Gasteiger partial charge in [-0.15, -0.1) is 36.2 Å². The van der Waals surface area contributed by atoms with Crippen molar-refractivity contribution in [2.24, 2.45) is 5.73 Å². The molecule has 3 rings (SSSR count). The molecule has 0 fully saturated rings. The van der Waals surface area contributed by atoms with Crippen molar-refractivity contribution in [3.05, 3.63) is 40.4 Å². The van der Waals surface area contributed by atoms with Crippen LogP contribution in [-0.2, 0) is 12.8 Å². The smallest absolute Gasteiger partial charge is 0.139 e. The van der Waals surface area contributed by atoms with Gasteiger partial charge in [-0.3, -0.25) is 0 Å². The van der Waals surface area contributed by atoms with Gasteiger partial charge in [-0.2, -0.15) is 0 Å². The van der Waals surface area contributed by atoms with E-state index in [4.69, 9.17) is 15.1 Å². The van der Waals surface area contributed by atoms with E-state index in [-0.39, 0.29) is 24.8 Å². The highest BCUT2D eigenvalue weighted by Crippen LogP contribution is 2.33. The molecule has 144 valence electrons. The third kappa shape index (κ3) is 5.10. The predicted octanol–water partition coefficient (Wildman–Crippen LogP) is 4.68. The van der Waals surface area contributed by atoms with Gasteiger partial charge in [-0.25, -0.2) is 9.97 Å². The number of halogens is 2. The SMILES string of the molecule is Cc1sc2nc(CCN)nc(NC(C)CCc3ccco3)c2c1C.Cl.Cl. The topological polar surface area (TPSA) is 77.0 Å². The maximum absolute atomic E-state index is 5.69. The first-order valence-electron chi connectivity index (χ1n) is 8.34. The molecule has 0 radical (unpaired) electrons. The molecule has 0 spiro atoms. The maximum atomic E-state index is 5.69. The summed E-state index contributed by atoms with van der Waals surface area (Å²) in [5.74, 6) is 2.76. The van der Waals surface area contributed by atoms with Gasteiger partial charge in [0.05, 0.1) is 11.6 Å². The van der Waals surface area contributed by atoms with Crippen LogP contribution >= 0.6 is 36.2 Å². The van der Waals surface area contributed by atoms with E-state index >= 15 is 0 Å². The quantitative estimate of drug-likeness (QED) is 0.584. The molecule has 0 aliphatic heterocycles. The van der Waals surface area contributed by atoms with Crippen LogP contribution in [0.25, 0.3) is 10.2 Å². The summed E-state index contributed by atoms with van der Waals surface area (Å²) >= 11 is 1.72. The van der Waals surface area contributed by atoms with Gasteiger partial charge < -0.3 is 15.5 Å². The van der Waals surface area contributed by atoms with E-state index in [1.165, 1.54) is 10.4 Å². The fourth-order valence-corrected chi connectivity index (χ4v) is 3.81. The van der Waals surface area contributed by atoms with Crippen molar-refractivity contribution in [3.8, 4) is 0 Å². The number of nitrogens with two attached hydrogens (primary N) is 1. The van der Waals surface area contributed by atoms with Crippen LogP contribution in [-0.4, -0.2) is 22.6 Å². The second-order valence-electron chi connectivity index (χ2n) is 6.15. The maximum Gasteiger partial charge on any atom is 0.139 e. The summed E-state index contributed by atoms with van der Waals surface area (Å²) in [6, 6.07) is 4.23. The molecule has 0 aliphatic rings. The largest absolute Gasteiger partial charge is 0.469 e. The van der Waals surface area contributed by atoms with Crippen LogP contribution in [0.2, 0.25) is 0 Å². The molecule has 0 aromatic carbocycles. The van der Waals surface area contributed by atoms with Crippen LogP contribution < -0.4 is 11.1 Å². The Hall–Kier alpha value is -1.34. The third-order valence-electron chi connectivity index (χ3n) is 4.23. The van der Waals surface area contributed by atoms with Crippen molar-refractivity contribution in [3.63, 3.8) is 0 Å². The van der Waals surface area contributed by atoms with Gasteiger partial charge in [0.15, 0.2) is 0 Å². The number of fused-ring (bicyclic) bond motifs is 1. The lowest BCUT2D eigenvalue weighted by atomic mass is 10.1. The fraction of sp³-hybridized carbons (Fsp3) is 0.444. The van der Waals surface area contributed by atoms with Crippen molar-refractivity contribution in [2.45, 2.75) is 46.1 Å². The number of aryl methyl sites for hydroxylation is 3. The average Bonchev–Trinajstić information content (AvgIpc) is 3.15. The number of hydrogen-bond donors (Lipinski definition) is 2. The summed E-state index contributed by atoms with van der Waals surface area (Å²) in [4.78, 5) is 11.7. The Balaban J connectivity index is 0.00000169. The van der Waals surface area contributed by atoms with Crippen molar-refractivity contribution < 1.29 is 4.42 Å². The first-order valence-corrected chi connectivity index (χ1v) is 9.15. The van der Waals surface area contributed by atoms with E-state index in [1.807, 2.05) is 12.1 Å². The zero-order valence-corrected chi connectivity index (χ0v) is 17.7. The molecule has 0 saturated carbocycles. The van der Waals surface area contributed by atoms with E-state index in [0.29, 0.717) is 19.0 Å². The number of aromatic nitrogens is 2. The van der Waals surface area contributed by atoms with Gasteiger partial charge in [-0.1, -0.05) is 0 Å². The van der Waals surface area contributed by atoms with Crippen LogP contribution in [0, 0.1) is 13.8 Å². The highest BCUT2D eigenvalue weighted by molar-refractivity contribution is 7.18. The lowest BCUT2D eigenvalue weighted by molar-refractivity contribution is 0.495. The van der Waals surface area contributed by atoms with Crippen molar-refractivity contribution in [1.29, 1.82) is 0 Å². The Morgan fingerprint density at radius 3 is 2.65 bits per heavy atom. The molecule has 5 nitrogen and oxygen atoms in total. The minimum absolute atomic E-state index is 0. The van der Waals surface area contributed by atoms with E-state index in [0.717, 1.165) is 40.5 Å². The van der Waals surface area contributed by atoms with Crippen LogP contribution in [0.5, 0.6) is 0 Å². The molecule has 0 bridgehead atoms. The van der Waals surface area contributed by atoms with Crippen LogP contribution in [0.1, 0.15) is 35.4 Å². The lowest BCUT2D eigenvalue weighted by Gasteiger charge is -2.16.